The number of nitrogens with zero attached hydrogens (tertiary/aromatic N) is 3. The van der Waals surface area contributed by atoms with E-state index in [0.717, 1.165) is 33.2 Å². The molecule has 0 saturated carbocycles. The molecule has 5 heteroatoms. The standard InChI is InChI=1S/C30H25N3O2/c34-29(35)32-19-22(20-32)26-17-10-18-28-27(26)21-33(31-28)30(23-11-4-1-5-12-23,24-13-6-2-7-14-24)25-15-8-3-9-16-25/h1-18,21-22H,19-20H2,(H,34,35). The average Bonchev–Trinajstić information content (AvgIpc) is 3.31. The Labute approximate surface area is 203 Å². The highest BCUT2D eigenvalue weighted by Crippen LogP contribution is 2.42. The molecule has 0 radical (unpaired) electrons. The topological polar surface area (TPSA) is 58.4 Å². The lowest BCUT2D eigenvalue weighted by Crippen LogP contribution is -2.47. The molecule has 1 saturated heterocycles. The fourth-order valence-electron chi connectivity index (χ4n) is 5.36. The van der Waals surface area contributed by atoms with Crippen molar-refractivity contribution in [2.45, 2.75) is 11.5 Å². The summed E-state index contributed by atoms with van der Waals surface area (Å²) < 4.78 is 2.09. The van der Waals surface area contributed by atoms with E-state index in [2.05, 4.69) is 89.7 Å². The summed E-state index contributed by atoms with van der Waals surface area (Å²) in [5, 5.41) is 15.5. The monoisotopic (exact) mass is 459 g/mol. The molecule has 4 aromatic carbocycles. The molecule has 0 aliphatic carbocycles. The third kappa shape index (κ3) is 3.39. The van der Waals surface area contributed by atoms with Crippen LogP contribution in [0.25, 0.3) is 10.9 Å². The average molecular weight is 460 g/mol. The van der Waals surface area contributed by atoms with E-state index in [1.807, 2.05) is 30.3 Å². The number of rotatable bonds is 5. The molecule has 1 fully saturated rings. The predicted octanol–water partition coefficient (Wildman–Crippen LogP) is 5.95. The van der Waals surface area contributed by atoms with Gasteiger partial charge in [-0.3, -0.25) is 4.68 Å². The van der Waals surface area contributed by atoms with Crippen LogP contribution in [0.3, 0.4) is 0 Å². The first kappa shape index (κ1) is 21.2. The van der Waals surface area contributed by atoms with Gasteiger partial charge in [0.1, 0.15) is 5.54 Å². The van der Waals surface area contributed by atoms with Gasteiger partial charge < -0.3 is 10.0 Å². The molecule has 1 amide bonds. The first-order valence-corrected chi connectivity index (χ1v) is 11.8. The van der Waals surface area contributed by atoms with Gasteiger partial charge in [-0.25, -0.2) is 4.79 Å². The second-order valence-electron chi connectivity index (χ2n) is 9.05. The van der Waals surface area contributed by atoms with Crippen molar-refractivity contribution in [3.8, 4) is 0 Å². The number of aromatic nitrogens is 2. The van der Waals surface area contributed by atoms with Gasteiger partial charge in [-0.05, 0) is 28.3 Å². The van der Waals surface area contributed by atoms with Crippen LogP contribution in [-0.4, -0.2) is 39.0 Å². The molecule has 5 aromatic rings. The number of hydrogen-bond donors (Lipinski definition) is 1. The SMILES string of the molecule is O=C(O)N1CC(c2cccc3nn(C(c4ccccc4)(c4ccccc4)c4ccccc4)cc23)C1. The van der Waals surface area contributed by atoms with Crippen LogP contribution < -0.4 is 0 Å². The highest BCUT2D eigenvalue weighted by Gasteiger charge is 2.40. The number of amides is 1. The molecule has 0 spiro atoms. The summed E-state index contributed by atoms with van der Waals surface area (Å²) in [7, 11) is 0. The van der Waals surface area contributed by atoms with Crippen molar-refractivity contribution < 1.29 is 9.90 Å². The van der Waals surface area contributed by atoms with Crippen LogP contribution >= 0.6 is 0 Å². The van der Waals surface area contributed by atoms with Crippen molar-refractivity contribution in [1.29, 1.82) is 0 Å². The van der Waals surface area contributed by atoms with Gasteiger partial charge >= 0.3 is 6.09 Å². The highest BCUT2D eigenvalue weighted by molar-refractivity contribution is 5.83. The molecule has 172 valence electrons. The maximum Gasteiger partial charge on any atom is 0.407 e. The maximum absolute atomic E-state index is 11.3. The van der Waals surface area contributed by atoms with Gasteiger partial charge in [0.25, 0.3) is 0 Å². The Morgan fingerprint density at radius 1 is 0.743 bits per heavy atom. The zero-order valence-electron chi connectivity index (χ0n) is 19.2. The van der Waals surface area contributed by atoms with E-state index >= 15 is 0 Å². The molecule has 1 aromatic heterocycles. The van der Waals surface area contributed by atoms with Gasteiger partial charge in [0.2, 0.25) is 0 Å². The van der Waals surface area contributed by atoms with E-state index in [-0.39, 0.29) is 5.92 Å². The summed E-state index contributed by atoms with van der Waals surface area (Å²) in [6.07, 6.45) is 1.28. The lowest BCUT2D eigenvalue weighted by molar-refractivity contribution is 0.106. The number of carbonyl (C=O) groups is 1. The normalized spacial score (nSPS) is 14.1. The molecular weight excluding hydrogens is 434 g/mol. The van der Waals surface area contributed by atoms with Gasteiger partial charge in [-0.2, -0.15) is 5.10 Å². The molecule has 1 aliphatic rings. The van der Waals surface area contributed by atoms with Crippen molar-refractivity contribution in [3.05, 3.63) is 138 Å². The summed E-state index contributed by atoms with van der Waals surface area (Å²) >= 11 is 0. The van der Waals surface area contributed by atoms with Gasteiger partial charge in [0.15, 0.2) is 0 Å². The summed E-state index contributed by atoms with van der Waals surface area (Å²) in [6.45, 7) is 1.03. The van der Waals surface area contributed by atoms with Gasteiger partial charge in [-0.15, -0.1) is 0 Å². The van der Waals surface area contributed by atoms with Crippen LogP contribution in [0.15, 0.2) is 115 Å². The minimum Gasteiger partial charge on any atom is -0.465 e. The molecule has 2 heterocycles. The molecule has 1 aliphatic heterocycles. The van der Waals surface area contributed by atoms with E-state index in [0.29, 0.717) is 13.1 Å². The molecule has 0 bridgehead atoms. The zero-order chi connectivity index (χ0) is 23.8. The summed E-state index contributed by atoms with van der Waals surface area (Å²) in [5.74, 6) is 0.173. The Morgan fingerprint density at radius 2 is 1.26 bits per heavy atom. The van der Waals surface area contributed by atoms with E-state index in [1.165, 1.54) is 4.90 Å². The van der Waals surface area contributed by atoms with Crippen molar-refractivity contribution in [3.63, 3.8) is 0 Å². The van der Waals surface area contributed by atoms with Crippen LogP contribution in [0.5, 0.6) is 0 Å². The van der Waals surface area contributed by atoms with Gasteiger partial charge in [0.05, 0.1) is 5.52 Å². The maximum atomic E-state index is 11.3. The fourth-order valence-corrected chi connectivity index (χ4v) is 5.36. The second-order valence-corrected chi connectivity index (χ2v) is 9.05. The fraction of sp³-hybridized carbons (Fsp3) is 0.133. The van der Waals surface area contributed by atoms with Gasteiger partial charge in [-0.1, -0.05) is 103 Å². The van der Waals surface area contributed by atoms with Crippen LogP contribution in [-0.2, 0) is 5.54 Å². The number of likely N-dealkylation sites (tertiary alicyclic amines) is 1. The third-order valence-corrected chi connectivity index (χ3v) is 7.09. The summed E-state index contributed by atoms with van der Waals surface area (Å²) in [6, 6.07) is 37.6. The van der Waals surface area contributed by atoms with Crippen molar-refractivity contribution in [2.75, 3.05) is 13.1 Å². The molecular formula is C30H25N3O2. The predicted molar refractivity (Wildman–Crippen MR) is 137 cm³/mol. The lowest BCUT2D eigenvalue weighted by atomic mass is 9.77. The minimum atomic E-state index is -0.861. The van der Waals surface area contributed by atoms with E-state index in [1.54, 1.807) is 0 Å². The summed E-state index contributed by atoms with van der Waals surface area (Å²) in [5.41, 5.74) is 4.73. The van der Waals surface area contributed by atoms with Crippen molar-refractivity contribution >= 4 is 17.0 Å². The molecule has 5 nitrogen and oxygen atoms in total. The molecule has 6 rings (SSSR count). The molecule has 0 atom stereocenters. The number of fused-ring (bicyclic) bond motifs is 1. The van der Waals surface area contributed by atoms with Crippen LogP contribution in [0, 0.1) is 0 Å². The van der Waals surface area contributed by atoms with E-state index in [9.17, 15) is 9.90 Å². The van der Waals surface area contributed by atoms with E-state index in [4.69, 9.17) is 5.10 Å². The van der Waals surface area contributed by atoms with Crippen LogP contribution in [0.4, 0.5) is 4.79 Å². The largest absolute Gasteiger partial charge is 0.465 e. The van der Waals surface area contributed by atoms with Crippen molar-refractivity contribution in [2.24, 2.45) is 0 Å². The minimum absolute atomic E-state index is 0.173. The number of benzene rings is 4. The van der Waals surface area contributed by atoms with E-state index < -0.39 is 11.6 Å². The van der Waals surface area contributed by atoms with Gasteiger partial charge in [0, 0.05) is 30.6 Å². The molecule has 1 N–H and O–H groups in total. The van der Waals surface area contributed by atoms with Crippen LogP contribution in [0.2, 0.25) is 0 Å². The van der Waals surface area contributed by atoms with Crippen molar-refractivity contribution in [1.82, 2.24) is 14.7 Å². The second kappa shape index (κ2) is 8.44. The number of carboxylic acid groups (broad SMARTS) is 1. The first-order chi connectivity index (χ1) is 17.2. The highest BCUT2D eigenvalue weighted by atomic mass is 16.4. The Kier molecular flexibility index (Phi) is 5.10. The summed E-state index contributed by atoms with van der Waals surface area (Å²) in [4.78, 5) is 12.8. The molecule has 0 unspecified atom stereocenters. The Bertz CT molecular complexity index is 1380. The quantitative estimate of drug-likeness (QED) is 0.330. The first-order valence-electron chi connectivity index (χ1n) is 11.8. The Balaban J connectivity index is 1.61. The lowest BCUT2D eigenvalue weighted by Gasteiger charge is -2.37. The zero-order valence-corrected chi connectivity index (χ0v) is 19.2. The Morgan fingerprint density at radius 3 is 1.74 bits per heavy atom. The Hall–Kier alpha value is -4.38. The van der Waals surface area contributed by atoms with Crippen LogP contribution in [0.1, 0.15) is 28.2 Å². The third-order valence-electron chi connectivity index (χ3n) is 7.09. The molecule has 35 heavy (non-hydrogen) atoms. The smallest absolute Gasteiger partial charge is 0.407 e. The number of hydrogen-bond acceptors (Lipinski definition) is 2.